The van der Waals surface area contributed by atoms with Gasteiger partial charge < -0.3 is 28.9 Å². The molecule has 10 nitrogen and oxygen atoms in total. The van der Waals surface area contributed by atoms with Gasteiger partial charge in [-0.2, -0.15) is 0 Å². The van der Waals surface area contributed by atoms with E-state index < -0.39 is 36.2 Å². The van der Waals surface area contributed by atoms with E-state index in [1.807, 2.05) is 0 Å². The molecule has 0 aliphatic carbocycles. The number of carbonyl (C=O) groups is 3. The molecule has 30 heavy (non-hydrogen) atoms. The Morgan fingerprint density at radius 2 is 1.93 bits per heavy atom. The fraction of sp³-hybridized carbons (Fsp3) is 0.300. The zero-order chi connectivity index (χ0) is 21.8. The minimum absolute atomic E-state index is 0.0484. The third kappa shape index (κ3) is 4.27. The van der Waals surface area contributed by atoms with E-state index in [9.17, 15) is 19.2 Å². The van der Waals surface area contributed by atoms with Gasteiger partial charge in [0.05, 0.1) is 24.1 Å². The molecule has 0 fully saturated rings. The molecule has 1 aliphatic rings. The molecule has 3 rings (SSSR count). The molecule has 158 valence electrons. The first-order chi connectivity index (χ1) is 14.3. The summed E-state index contributed by atoms with van der Waals surface area (Å²) in [6.45, 7) is 4.37. The molecule has 2 amide bonds. The van der Waals surface area contributed by atoms with Crippen LogP contribution in [0, 0.1) is 13.8 Å². The molecule has 0 aromatic carbocycles. The van der Waals surface area contributed by atoms with Crippen molar-refractivity contribution in [2.75, 3.05) is 13.2 Å². The largest absolute Gasteiger partial charge is 0.467 e. The fourth-order valence-electron chi connectivity index (χ4n) is 3.12. The van der Waals surface area contributed by atoms with Crippen molar-refractivity contribution in [3.8, 4) is 0 Å². The molecule has 1 aliphatic heterocycles. The molecule has 2 N–H and O–H groups in total. The molecule has 3 heterocycles. The third-order valence-electron chi connectivity index (χ3n) is 4.36. The first kappa shape index (κ1) is 20.9. The van der Waals surface area contributed by atoms with E-state index in [0.29, 0.717) is 11.3 Å². The Kier molecular flexibility index (Phi) is 6.05. The van der Waals surface area contributed by atoms with E-state index in [4.69, 9.17) is 18.3 Å². The molecule has 1 unspecified atom stereocenters. The van der Waals surface area contributed by atoms with Crippen LogP contribution >= 0.6 is 0 Å². The standard InChI is InChI=1S/C20H20N2O8/c1-4-27-19(25)16-12(21-20(26)22-17(16)13-6-5-7-28-13)9-29-18(24)15-10(2)8-14(23)30-11(15)3/h5-8,17H,4,9H2,1-3H3,(H2,21,22,26). The van der Waals surface area contributed by atoms with Crippen LogP contribution in [0.4, 0.5) is 4.79 Å². The van der Waals surface area contributed by atoms with Gasteiger partial charge in [-0.25, -0.2) is 19.2 Å². The monoisotopic (exact) mass is 416 g/mol. The van der Waals surface area contributed by atoms with Crippen LogP contribution in [0.15, 0.2) is 49.4 Å². The van der Waals surface area contributed by atoms with E-state index in [1.54, 1.807) is 26.0 Å². The predicted octanol–water partition coefficient (Wildman–Crippen LogP) is 1.88. The number of nitrogens with one attached hydrogen (secondary N) is 2. The first-order valence-corrected chi connectivity index (χ1v) is 9.11. The van der Waals surface area contributed by atoms with Gasteiger partial charge in [0.1, 0.15) is 29.7 Å². The van der Waals surface area contributed by atoms with Gasteiger partial charge in [-0.05, 0) is 38.5 Å². The third-order valence-corrected chi connectivity index (χ3v) is 4.36. The molecule has 0 saturated carbocycles. The van der Waals surface area contributed by atoms with Crippen molar-refractivity contribution in [2.45, 2.75) is 26.8 Å². The van der Waals surface area contributed by atoms with Gasteiger partial charge in [-0.3, -0.25) is 0 Å². The van der Waals surface area contributed by atoms with Crippen molar-refractivity contribution < 1.29 is 32.7 Å². The van der Waals surface area contributed by atoms with Gasteiger partial charge in [0, 0.05) is 6.07 Å². The highest BCUT2D eigenvalue weighted by Crippen LogP contribution is 2.28. The molecule has 10 heteroatoms. The van der Waals surface area contributed by atoms with Crippen LogP contribution in [0.2, 0.25) is 0 Å². The van der Waals surface area contributed by atoms with Crippen LogP contribution in [0.3, 0.4) is 0 Å². The second-order valence-corrected chi connectivity index (χ2v) is 6.42. The lowest BCUT2D eigenvalue weighted by Crippen LogP contribution is -2.47. The summed E-state index contributed by atoms with van der Waals surface area (Å²) in [5.41, 5.74) is -0.000439. The highest BCUT2D eigenvalue weighted by Gasteiger charge is 2.36. The number of esters is 2. The molecule has 0 saturated heterocycles. The number of ether oxygens (including phenoxy) is 2. The minimum atomic E-state index is -0.917. The highest BCUT2D eigenvalue weighted by atomic mass is 16.5. The summed E-state index contributed by atoms with van der Waals surface area (Å²) in [7, 11) is 0. The van der Waals surface area contributed by atoms with Crippen LogP contribution in [0.5, 0.6) is 0 Å². The van der Waals surface area contributed by atoms with Gasteiger partial charge in [0.2, 0.25) is 0 Å². The normalized spacial score (nSPS) is 16.0. The molecule has 2 aromatic rings. The van der Waals surface area contributed by atoms with Crippen molar-refractivity contribution in [1.82, 2.24) is 10.6 Å². The quantitative estimate of drug-likeness (QED) is 0.681. The Balaban J connectivity index is 1.93. The first-order valence-electron chi connectivity index (χ1n) is 9.11. The summed E-state index contributed by atoms with van der Waals surface area (Å²) in [4.78, 5) is 48.7. The summed E-state index contributed by atoms with van der Waals surface area (Å²) in [5.74, 6) is -1.05. The van der Waals surface area contributed by atoms with E-state index in [-0.39, 0.29) is 29.2 Å². The lowest BCUT2D eigenvalue weighted by atomic mass is 10.0. The Hall–Kier alpha value is -3.82. The second kappa shape index (κ2) is 8.68. The number of urea groups is 1. The van der Waals surface area contributed by atoms with E-state index >= 15 is 0 Å². The average Bonchev–Trinajstić information content (AvgIpc) is 3.19. The van der Waals surface area contributed by atoms with Crippen LogP contribution in [-0.4, -0.2) is 31.2 Å². The van der Waals surface area contributed by atoms with Gasteiger partial charge in [0.15, 0.2) is 0 Å². The number of hydrogen-bond acceptors (Lipinski definition) is 8. The number of hydrogen-bond donors (Lipinski definition) is 2. The SMILES string of the molecule is CCOC(=O)C1=C(COC(=O)c2c(C)cc(=O)oc2C)NC(=O)NC1c1ccco1. The minimum Gasteiger partial charge on any atom is -0.467 e. The van der Waals surface area contributed by atoms with E-state index in [2.05, 4.69) is 10.6 Å². The average molecular weight is 416 g/mol. The predicted molar refractivity (Wildman–Crippen MR) is 102 cm³/mol. The lowest BCUT2D eigenvalue weighted by Gasteiger charge is -2.27. The van der Waals surface area contributed by atoms with Crippen LogP contribution < -0.4 is 16.3 Å². The van der Waals surface area contributed by atoms with Crippen LogP contribution in [-0.2, 0) is 14.3 Å². The number of carbonyl (C=O) groups excluding carboxylic acids is 3. The second-order valence-electron chi connectivity index (χ2n) is 6.42. The number of amides is 2. The van der Waals surface area contributed by atoms with Gasteiger partial charge >= 0.3 is 23.6 Å². The zero-order valence-corrected chi connectivity index (χ0v) is 16.6. The summed E-state index contributed by atoms with van der Waals surface area (Å²) in [6.07, 6.45) is 1.40. The van der Waals surface area contributed by atoms with Crippen molar-refractivity contribution in [3.63, 3.8) is 0 Å². The molecule has 0 radical (unpaired) electrons. The smallest absolute Gasteiger partial charge is 0.342 e. The Labute approximate surface area is 170 Å². The van der Waals surface area contributed by atoms with Crippen molar-refractivity contribution in [2.24, 2.45) is 0 Å². The summed E-state index contributed by atoms with van der Waals surface area (Å²) in [5, 5.41) is 5.07. The number of rotatable bonds is 6. The van der Waals surface area contributed by atoms with E-state index in [1.165, 1.54) is 19.3 Å². The highest BCUT2D eigenvalue weighted by molar-refractivity contribution is 5.95. The topological polar surface area (TPSA) is 137 Å². The van der Waals surface area contributed by atoms with Crippen molar-refractivity contribution in [1.29, 1.82) is 0 Å². The molecule has 0 bridgehead atoms. The molecular weight excluding hydrogens is 396 g/mol. The summed E-state index contributed by atoms with van der Waals surface area (Å²) in [6, 6.07) is 2.86. The zero-order valence-electron chi connectivity index (χ0n) is 16.6. The lowest BCUT2D eigenvalue weighted by molar-refractivity contribution is -0.139. The molecule has 2 aromatic heterocycles. The maximum absolute atomic E-state index is 12.6. The van der Waals surface area contributed by atoms with Crippen LogP contribution in [0.25, 0.3) is 0 Å². The van der Waals surface area contributed by atoms with E-state index in [0.717, 1.165) is 0 Å². The maximum Gasteiger partial charge on any atom is 0.342 e. The summed E-state index contributed by atoms with van der Waals surface area (Å²) < 4.78 is 20.7. The molecule has 0 spiro atoms. The Morgan fingerprint density at radius 3 is 2.57 bits per heavy atom. The van der Waals surface area contributed by atoms with Crippen molar-refractivity contribution >= 4 is 18.0 Å². The van der Waals surface area contributed by atoms with Crippen molar-refractivity contribution in [3.05, 3.63) is 68.8 Å². The van der Waals surface area contributed by atoms with Gasteiger partial charge in [0.25, 0.3) is 0 Å². The maximum atomic E-state index is 12.6. The Morgan fingerprint density at radius 1 is 1.17 bits per heavy atom. The molecular formula is C20H20N2O8. The number of furan rings is 1. The molecule has 1 atom stereocenters. The Bertz CT molecular complexity index is 1040. The van der Waals surface area contributed by atoms with Crippen LogP contribution in [0.1, 0.15) is 40.4 Å². The van der Waals surface area contributed by atoms with Gasteiger partial charge in [-0.15, -0.1) is 0 Å². The fourth-order valence-corrected chi connectivity index (χ4v) is 3.12. The van der Waals surface area contributed by atoms with Gasteiger partial charge in [-0.1, -0.05) is 0 Å². The summed E-state index contributed by atoms with van der Waals surface area (Å²) >= 11 is 0. The number of aryl methyl sites for hydroxylation is 2.